The predicted octanol–water partition coefficient (Wildman–Crippen LogP) is 1.49. The third kappa shape index (κ3) is 3.54. The van der Waals surface area contributed by atoms with Gasteiger partial charge in [-0.25, -0.2) is 13.1 Å². The fourth-order valence-corrected chi connectivity index (χ4v) is 3.65. The zero-order valence-electron chi connectivity index (χ0n) is 13.9. The average molecular weight is 351 g/mol. The molecule has 1 aliphatic heterocycles. The molecule has 0 spiro atoms. The summed E-state index contributed by atoms with van der Waals surface area (Å²) in [6, 6.07) is 5.76. The van der Waals surface area contributed by atoms with Crippen LogP contribution in [0.3, 0.4) is 0 Å². The van der Waals surface area contributed by atoms with Gasteiger partial charge in [0, 0.05) is 31.8 Å². The largest absolute Gasteiger partial charge is 0.488 e. The van der Waals surface area contributed by atoms with Gasteiger partial charge in [-0.2, -0.15) is 5.10 Å². The molecule has 2 aromatic rings. The van der Waals surface area contributed by atoms with Crippen molar-refractivity contribution in [2.24, 2.45) is 7.05 Å². The maximum atomic E-state index is 12.1. The van der Waals surface area contributed by atoms with Gasteiger partial charge in [0.2, 0.25) is 10.0 Å². The van der Waals surface area contributed by atoms with E-state index in [0.717, 1.165) is 17.7 Å². The number of benzene rings is 1. The summed E-state index contributed by atoms with van der Waals surface area (Å²) in [4.78, 5) is 0.135. The van der Waals surface area contributed by atoms with Crippen molar-refractivity contribution in [1.29, 1.82) is 0 Å². The van der Waals surface area contributed by atoms with Crippen LogP contribution in [0.1, 0.15) is 19.4 Å². The topological polar surface area (TPSA) is 82.5 Å². The van der Waals surface area contributed by atoms with E-state index in [4.69, 9.17) is 9.47 Å². The summed E-state index contributed by atoms with van der Waals surface area (Å²) in [5, 5.41) is 3.86. The molecule has 0 saturated carbocycles. The highest BCUT2D eigenvalue weighted by Gasteiger charge is 2.32. The van der Waals surface area contributed by atoms with E-state index in [1.54, 1.807) is 7.05 Å². The summed E-state index contributed by atoms with van der Waals surface area (Å²) in [7, 11) is -1.90. The second kappa shape index (κ2) is 6.10. The van der Waals surface area contributed by atoms with Crippen molar-refractivity contribution in [1.82, 2.24) is 14.5 Å². The van der Waals surface area contributed by atoms with E-state index in [2.05, 4.69) is 9.82 Å². The Balaban J connectivity index is 1.58. The average Bonchev–Trinajstić information content (AvgIpc) is 3.06. The molecule has 24 heavy (non-hydrogen) atoms. The van der Waals surface area contributed by atoms with Crippen LogP contribution in [0.15, 0.2) is 35.5 Å². The molecule has 8 heteroatoms. The van der Waals surface area contributed by atoms with Crippen LogP contribution in [-0.4, -0.2) is 37.0 Å². The lowest BCUT2D eigenvalue weighted by atomic mass is 10.0. The Hall–Kier alpha value is -2.06. The molecule has 0 amide bonds. The molecule has 0 radical (unpaired) electrons. The van der Waals surface area contributed by atoms with Crippen molar-refractivity contribution < 1.29 is 17.9 Å². The standard InChI is InChI=1S/C16H21N3O4S/c1-16(2)9-12-5-4-6-14(15(12)23-16)22-8-7-18-24(20,21)13-10-17-19(3)11-13/h4-6,10-11,18H,7-9H2,1-3H3. The molecule has 1 N–H and O–H groups in total. The molecule has 2 heterocycles. The van der Waals surface area contributed by atoms with E-state index >= 15 is 0 Å². The third-order valence-corrected chi connectivity index (χ3v) is 5.11. The number of ether oxygens (including phenoxy) is 2. The van der Waals surface area contributed by atoms with Gasteiger partial charge < -0.3 is 9.47 Å². The normalized spacial score (nSPS) is 15.8. The first-order chi connectivity index (χ1) is 11.3. The van der Waals surface area contributed by atoms with Gasteiger partial charge in [0.05, 0.1) is 6.20 Å². The minimum Gasteiger partial charge on any atom is -0.488 e. The predicted molar refractivity (Wildman–Crippen MR) is 88.7 cm³/mol. The zero-order valence-corrected chi connectivity index (χ0v) is 14.8. The van der Waals surface area contributed by atoms with Crippen molar-refractivity contribution in [3.05, 3.63) is 36.2 Å². The van der Waals surface area contributed by atoms with Crippen molar-refractivity contribution in [3.8, 4) is 11.5 Å². The molecule has 0 atom stereocenters. The van der Waals surface area contributed by atoms with E-state index in [0.29, 0.717) is 5.75 Å². The summed E-state index contributed by atoms with van der Waals surface area (Å²) in [5.41, 5.74) is 0.859. The number of hydrogen-bond acceptors (Lipinski definition) is 5. The molecular weight excluding hydrogens is 330 g/mol. The maximum Gasteiger partial charge on any atom is 0.243 e. The molecule has 1 aromatic carbocycles. The molecule has 130 valence electrons. The Labute approximate surface area is 141 Å². The monoisotopic (exact) mass is 351 g/mol. The van der Waals surface area contributed by atoms with Crippen molar-refractivity contribution in [3.63, 3.8) is 0 Å². The molecule has 0 saturated heterocycles. The van der Waals surface area contributed by atoms with E-state index in [-0.39, 0.29) is 23.6 Å². The fraction of sp³-hybridized carbons (Fsp3) is 0.438. The number of nitrogens with zero attached hydrogens (tertiary/aromatic N) is 2. The Bertz CT molecular complexity index is 843. The van der Waals surface area contributed by atoms with Crippen molar-refractivity contribution >= 4 is 10.0 Å². The number of sulfonamides is 1. The van der Waals surface area contributed by atoms with Crippen molar-refractivity contribution in [2.75, 3.05) is 13.2 Å². The molecule has 0 fully saturated rings. The Morgan fingerprint density at radius 1 is 1.42 bits per heavy atom. The number of para-hydroxylation sites is 1. The molecule has 0 aliphatic carbocycles. The van der Waals surface area contributed by atoms with Gasteiger partial charge in [-0.1, -0.05) is 12.1 Å². The Morgan fingerprint density at radius 3 is 2.92 bits per heavy atom. The first kappa shape index (κ1) is 16.8. The highest BCUT2D eigenvalue weighted by Crippen LogP contribution is 2.41. The first-order valence-corrected chi connectivity index (χ1v) is 9.17. The number of hydrogen-bond donors (Lipinski definition) is 1. The summed E-state index contributed by atoms with van der Waals surface area (Å²) in [6.45, 7) is 4.42. The van der Waals surface area contributed by atoms with Crippen LogP contribution >= 0.6 is 0 Å². The van der Waals surface area contributed by atoms with Gasteiger partial charge in [-0.05, 0) is 19.9 Å². The van der Waals surface area contributed by atoms with E-state index in [1.165, 1.54) is 17.1 Å². The summed E-state index contributed by atoms with van der Waals surface area (Å²) >= 11 is 0. The van der Waals surface area contributed by atoms with E-state index in [1.807, 2.05) is 32.0 Å². The van der Waals surface area contributed by atoms with Crippen LogP contribution < -0.4 is 14.2 Å². The summed E-state index contributed by atoms with van der Waals surface area (Å²) < 4.78 is 39.7. The van der Waals surface area contributed by atoms with E-state index < -0.39 is 10.0 Å². The number of fused-ring (bicyclic) bond motifs is 1. The zero-order chi connectivity index (χ0) is 17.4. The van der Waals surface area contributed by atoms with Crippen LogP contribution in [0.25, 0.3) is 0 Å². The molecule has 1 aliphatic rings. The molecule has 0 bridgehead atoms. The van der Waals surface area contributed by atoms with Gasteiger partial charge in [0.15, 0.2) is 11.5 Å². The van der Waals surface area contributed by atoms with Crippen LogP contribution in [0, 0.1) is 0 Å². The second-order valence-corrected chi connectivity index (χ2v) is 8.15. The fourth-order valence-electron chi connectivity index (χ4n) is 2.66. The molecule has 3 rings (SSSR count). The lowest BCUT2D eigenvalue weighted by molar-refractivity contribution is 0.132. The summed E-state index contributed by atoms with van der Waals surface area (Å²) in [5.74, 6) is 1.39. The Kier molecular flexibility index (Phi) is 4.27. The van der Waals surface area contributed by atoms with Gasteiger partial charge in [-0.15, -0.1) is 0 Å². The quantitative estimate of drug-likeness (QED) is 0.798. The van der Waals surface area contributed by atoms with Gasteiger partial charge in [0.25, 0.3) is 0 Å². The lowest BCUT2D eigenvalue weighted by Crippen LogP contribution is -2.28. The minimum absolute atomic E-state index is 0.135. The van der Waals surface area contributed by atoms with Crippen LogP contribution in [0.5, 0.6) is 11.5 Å². The lowest BCUT2D eigenvalue weighted by Gasteiger charge is -2.18. The van der Waals surface area contributed by atoms with Crippen molar-refractivity contribution in [2.45, 2.75) is 30.8 Å². The molecule has 0 unspecified atom stereocenters. The molecule has 7 nitrogen and oxygen atoms in total. The van der Waals surface area contributed by atoms with Gasteiger partial charge in [-0.3, -0.25) is 4.68 Å². The second-order valence-electron chi connectivity index (χ2n) is 6.38. The smallest absolute Gasteiger partial charge is 0.243 e. The number of rotatable bonds is 6. The van der Waals surface area contributed by atoms with Gasteiger partial charge >= 0.3 is 0 Å². The Morgan fingerprint density at radius 2 is 2.21 bits per heavy atom. The van der Waals surface area contributed by atoms with Gasteiger partial charge in [0.1, 0.15) is 17.1 Å². The SMILES string of the molecule is Cn1cc(S(=O)(=O)NCCOc2cccc3c2OC(C)(C)C3)cn1. The number of nitrogens with one attached hydrogen (secondary N) is 1. The first-order valence-electron chi connectivity index (χ1n) is 7.69. The van der Waals surface area contributed by atoms with Crippen LogP contribution in [0.4, 0.5) is 0 Å². The minimum atomic E-state index is -3.57. The highest BCUT2D eigenvalue weighted by molar-refractivity contribution is 7.89. The van der Waals surface area contributed by atoms with E-state index in [9.17, 15) is 8.42 Å². The van der Waals surface area contributed by atoms with Crippen LogP contribution in [-0.2, 0) is 23.5 Å². The molecule has 1 aromatic heterocycles. The number of aryl methyl sites for hydroxylation is 1. The maximum absolute atomic E-state index is 12.1. The highest BCUT2D eigenvalue weighted by atomic mass is 32.2. The number of aromatic nitrogens is 2. The summed E-state index contributed by atoms with van der Waals surface area (Å²) in [6.07, 6.45) is 3.58. The molecular formula is C16H21N3O4S. The van der Waals surface area contributed by atoms with Crippen LogP contribution in [0.2, 0.25) is 0 Å². The third-order valence-electron chi connectivity index (χ3n) is 3.70.